The fraction of sp³-hybridized carbons (Fsp3) is 0.167. The standard InChI is InChI=1S/C18H17N3O2S/c1-12-6-8-13(9-7-12)10-21-17(23)14-4-2-3-5-15(14)20-18(21)24-11-16(19)22/h2-9H,10-11H2,1H3,(H2,19,22). The zero-order valence-corrected chi connectivity index (χ0v) is 14.0. The van der Waals surface area contributed by atoms with Gasteiger partial charge in [-0.3, -0.25) is 14.2 Å². The number of hydrogen-bond donors (Lipinski definition) is 1. The molecule has 1 amide bonds. The fourth-order valence-electron chi connectivity index (χ4n) is 2.41. The third kappa shape index (κ3) is 3.49. The van der Waals surface area contributed by atoms with Gasteiger partial charge in [-0.25, -0.2) is 4.98 Å². The quantitative estimate of drug-likeness (QED) is 0.572. The lowest BCUT2D eigenvalue weighted by Gasteiger charge is -2.13. The summed E-state index contributed by atoms with van der Waals surface area (Å²) >= 11 is 1.18. The second-order valence-corrected chi connectivity index (χ2v) is 6.49. The van der Waals surface area contributed by atoms with Gasteiger partial charge in [0.05, 0.1) is 23.2 Å². The number of para-hydroxylation sites is 1. The predicted octanol–water partition coefficient (Wildman–Crippen LogP) is 2.33. The fourth-order valence-corrected chi connectivity index (χ4v) is 3.15. The van der Waals surface area contributed by atoms with Gasteiger partial charge < -0.3 is 5.73 Å². The van der Waals surface area contributed by atoms with Gasteiger partial charge in [0.25, 0.3) is 5.56 Å². The van der Waals surface area contributed by atoms with Crippen LogP contribution in [0.25, 0.3) is 10.9 Å². The number of rotatable bonds is 5. The molecule has 122 valence electrons. The Morgan fingerprint density at radius 2 is 1.88 bits per heavy atom. The van der Waals surface area contributed by atoms with Crippen molar-refractivity contribution in [3.05, 3.63) is 70.0 Å². The molecule has 0 bridgehead atoms. The van der Waals surface area contributed by atoms with E-state index < -0.39 is 5.91 Å². The summed E-state index contributed by atoms with van der Waals surface area (Å²) in [7, 11) is 0. The van der Waals surface area contributed by atoms with Crippen molar-refractivity contribution in [1.82, 2.24) is 9.55 Å². The number of carbonyl (C=O) groups excluding carboxylic acids is 1. The van der Waals surface area contributed by atoms with Crippen molar-refractivity contribution in [2.45, 2.75) is 18.6 Å². The maximum Gasteiger partial charge on any atom is 0.262 e. The Morgan fingerprint density at radius 3 is 2.58 bits per heavy atom. The predicted molar refractivity (Wildman–Crippen MR) is 96.2 cm³/mol. The summed E-state index contributed by atoms with van der Waals surface area (Å²) < 4.78 is 1.60. The number of carbonyl (C=O) groups is 1. The third-order valence-electron chi connectivity index (χ3n) is 3.63. The monoisotopic (exact) mass is 339 g/mol. The number of benzene rings is 2. The van der Waals surface area contributed by atoms with Crippen LogP contribution < -0.4 is 11.3 Å². The molecule has 1 aromatic heterocycles. The molecule has 0 atom stereocenters. The number of primary amides is 1. The van der Waals surface area contributed by atoms with Gasteiger partial charge in [0.1, 0.15) is 0 Å². The number of aromatic nitrogens is 2. The van der Waals surface area contributed by atoms with Crippen LogP contribution >= 0.6 is 11.8 Å². The maximum atomic E-state index is 12.9. The van der Waals surface area contributed by atoms with Gasteiger partial charge in [-0.1, -0.05) is 53.7 Å². The SMILES string of the molecule is Cc1ccc(Cn2c(SCC(N)=O)nc3ccccc3c2=O)cc1. The smallest absolute Gasteiger partial charge is 0.262 e. The molecule has 0 saturated carbocycles. The Bertz CT molecular complexity index is 949. The van der Waals surface area contributed by atoms with Gasteiger partial charge in [0.2, 0.25) is 5.91 Å². The van der Waals surface area contributed by atoms with Crippen molar-refractivity contribution >= 4 is 28.6 Å². The molecule has 0 aliphatic heterocycles. The number of fused-ring (bicyclic) bond motifs is 1. The van der Waals surface area contributed by atoms with Crippen molar-refractivity contribution in [3.63, 3.8) is 0 Å². The first-order valence-electron chi connectivity index (χ1n) is 7.51. The van der Waals surface area contributed by atoms with Crippen LogP contribution in [0.4, 0.5) is 0 Å². The van der Waals surface area contributed by atoms with Crippen LogP contribution in [0.1, 0.15) is 11.1 Å². The van der Waals surface area contributed by atoms with E-state index in [4.69, 9.17) is 5.73 Å². The van der Waals surface area contributed by atoms with Crippen LogP contribution in [0.5, 0.6) is 0 Å². The minimum absolute atomic E-state index is 0.0820. The average molecular weight is 339 g/mol. The zero-order valence-electron chi connectivity index (χ0n) is 13.2. The molecule has 3 rings (SSSR count). The molecule has 0 saturated heterocycles. The third-order valence-corrected chi connectivity index (χ3v) is 4.63. The molecular formula is C18H17N3O2S. The molecule has 0 fully saturated rings. The lowest BCUT2D eigenvalue weighted by molar-refractivity contribution is -0.115. The molecule has 0 aliphatic rings. The van der Waals surface area contributed by atoms with Gasteiger partial charge in [0.15, 0.2) is 5.16 Å². The van der Waals surface area contributed by atoms with E-state index in [1.165, 1.54) is 11.8 Å². The molecule has 2 N–H and O–H groups in total. The van der Waals surface area contributed by atoms with E-state index in [2.05, 4.69) is 4.98 Å². The van der Waals surface area contributed by atoms with Gasteiger partial charge >= 0.3 is 0 Å². The molecule has 5 nitrogen and oxygen atoms in total. The first-order valence-corrected chi connectivity index (χ1v) is 8.49. The van der Waals surface area contributed by atoms with Crippen molar-refractivity contribution in [2.75, 3.05) is 5.75 Å². The molecule has 24 heavy (non-hydrogen) atoms. The molecule has 3 aromatic rings. The summed E-state index contributed by atoms with van der Waals surface area (Å²) in [5.74, 6) is -0.358. The molecule has 0 radical (unpaired) electrons. The Hall–Kier alpha value is -2.60. The number of aryl methyl sites for hydroxylation is 1. The van der Waals surface area contributed by atoms with Crippen molar-refractivity contribution in [2.24, 2.45) is 5.73 Å². The van der Waals surface area contributed by atoms with E-state index in [1.807, 2.05) is 43.3 Å². The highest BCUT2D eigenvalue weighted by atomic mass is 32.2. The first kappa shape index (κ1) is 16.3. The number of nitrogens with zero attached hydrogens (tertiary/aromatic N) is 2. The van der Waals surface area contributed by atoms with Crippen LogP contribution in [-0.4, -0.2) is 21.2 Å². The molecule has 0 spiro atoms. The van der Waals surface area contributed by atoms with E-state index in [0.29, 0.717) is 22.6 Å². The topological polar surface area (TPSA) is 78.0 Å². The molecule has 0 unspecified atom stereocenters. The van der Waals surface area contributed by atoms with Crippen molar-refractivity contribution in [3.8, 4) is 0 Å². The number of nitrogens with two attached hydrogens (primary N) is 1. The molecule has 0 aliphatic carbocycles. The summed E-state index contributed by atoms with van der Waals surface area (Å²) in [5, 5.41) is 1.06. The van der Waals surface area contributed by atoms with Crippen molar-refractivity contribution in [1.29, 1.82) is 0 Å². The molecule has 2 aromatic carbocycles. The Kier molecular flexibility index (Phi) is 4.66. The highest BCUT2D eigenvalue weighted by Crippen LogP contribution is 2.18. The summed E-state index contributed by atoms with van der Waals surface area (Å²) in [6.45, 7) is 2.42. The zero-order chi connectivity index (χ0) is 17.1. The van der Waals surface area contributed by atoms with Crippen LogP contribution in [0, 0.1) is 6.92 Å². The minimum Gasteiger partial charge on any atom is -0.369 e. The number of hydrogen-bond acceptors (Lipinski definition) is 4. The largest absolute Gasteiger partial charge is 0.369 e. The van der Waals surface area contributed by atoms with E-state index >= 15 is 0 Å². The lowest BCUT2D eigenvalue weighted by Crippen LogP contribution is -2.25. The van der Waals surface area contributed by atoms with E-state index in [-0.39, 0.29) is 11.3 Å². The van der Waals surface area contributed by atoms with Gasteiger partial charge in [-0.2, -0.15) is 0 Å². The summed E-state index contributed by atoms with van der Waals surface area (Å²) in [6, 6.07) is 15.2. The molecule has 1 heterocycles. The normalized spacial score (nSPS) is 10.9. The highest BCUT2D eigenvalue weighted by Gasteiger charge is 2.12. The number of thioether (sulfide) groups is 1. The maximum absolute atomic E-state index is 12.9. The van der Waals surface area contributed by atoms with E-state index in [0.717, 1.165) is 11.1 Å². The van der Waals surface area contributed by atoms with Crippen molar-refractivity contribution < 1.29 is 4.79 Å². The summed E-state index contributed by atoms with van der Waals surface area (Å²) in [6.07, 6.45) is 0. The summed E-state index contributed by atoms with van der Waals surface area (Å²) in [4.78, 5) is 28.5. The number of amides is 1. The van der Waals surface area contributed by atoms with Gasteiger partial charge in [-0.05, 0) is 24.6 Å². The Balaban J connectivity index is 2.09. The van der Waals surface area contributed by atoms with Gasteiger partial charge in [-0.15, -0.1) is 0 Å². The Morgan fingerprint density at radius 1 is 1.17 bits per heavy atom. The van der Waals surface area contributed by atoms with Crippen LogP contribution in [0.3, 0.4) is 0 Å². The first-order chi connectivity index (χ1) is 11.5. The Labute approximate surface area is 143 Å². The van der Waals surface area contributed by atoms with Crippen LogP contribution in [-0.2, 0) is 11.3 Å². The second-order valence-electron chi connectivity index (χ2n) is 5.54. The van der Waals surface area contributed by atoms with E-state index in [1.54, 1.807) is 16.7 Å². The minimum atomic E-state index is -0.440. The summed E-state index contributed by atoms with van der Waals surface area (Å²) in [5.41, 5.74) is 7.90. The highest BCUT2D eigenvalue weighted by molar-refractivity contribution is 7.99. The second kappa shape index (κ2) is 6.88. The van der Waals surface area contributed by atoms with Crippen LogP contribution in [0.15, 0.2) is 58.5 Å². The van der Waals surface area contributed by atoms with Gasteiger partial charge in [0, 0.05) is 0 Å². The van der Waals surface area contributed by atoms with Crippen LogP contribution in [0.2, 0.25) is 0 Å². The molecule has 6 heteroatoms. The molecular weight excluding hydrogens is 322 g/mol. The van der Waals surface area contributed by atoms with E-state index in [9.17, 15) is 9.59 Å². The average Bonchev–Trinajstić information content (AvgIpc) is 2.57. The lowest BCUT2D eigenvalue weighted by atomic mass is 10.1.